The molecule has 0 saturated carbocycles. The summed E-state index contributed by atoms with van der Waals surface area (Å²) >= 11 is 5.93. The average Bonchev–Trinajstić information content (AvgIpc) is 3.47. The van der Waals surface area contributed by atoms with Crippen molar-refractivity contribution < 1.29 is 18.4 Å². The fourth-order valence-corrected chi connectivity index (χ4v) is 3.92. The van der Waals surface area contributed by atoms with Crippen LogP contribution in [0.3, 0.4) is 0 Å². The number of hydrogen-bond donors (Lipinski definition) is 0. The fraction of sp³-hybridized carbons (Fsp3) is 0.304. The van der Waals surface area contributed by atoms with Gasteiger partial charge in [0.2, 0.25) is 5.91 Å². The molecule has 1 saturated heterocycles. The summed E-state index contributed by atoms with van der Waals surface area (Å²) in [6.45, 7) is 1.75. The first-order valence-corrected chi connectivity index (χ1v) is 10.4. The average molecular weight is 427 g/mol. The van der Waals surface area contributed by atoms with E-state index < -0.39 is 0 Å². The number of hydrogen-bond acceptors (Lipinski definition) is 4. The van der Waals surface area contributed by atoms with E-state index in [9.17, 15) is 9.59 Å². The molecule has 0 N–H and O–H groups in total. The molecule has 4 rings (SSSR count). The zero-order valence-corrected chi connectivity index (χ0v) is 17.3. The Bertz CT molecular complexity index is 931. The van der Waals surface area contributed by atoms with Gasteiger partial charge in [-0.05, 0) is 61.4 Å². The summed E-state index contributed by atoms with van der Waals surface area (Å²) < 4.78 is 10.9. The van der Waals surface area contributed by atoms with E-state index in [0.29, 0.717) is 48.3 Å². The Labute approximate surface area is 180 Å². The second-order valence-electron chi connectivity index (χ2n) is 7.45. The molecular formula is C23H23ClN2O4. The van der Waals surface area contributed by atoms with Crippen molar-refractivity contribution in [1.82, 2.24) is 9.80 Å². The Balaban J connectivity index is 1.47. The zero-order valence-electron chi connectivity index (χ0n) is 16.5. The van der Waals surface area contributed by atoms with Crippen LogP contribution >= 0.6 is 11.6 Å². The third-order valence-corrected chi connectivity index (χ3v) is 5.57. The Morgan fingerprint density at radius 1 is 1.00 bits per heavy atom. The Hall–Kier alpha value is -2.99. The highest BCUT2D eigenvalue weighted by Crippen LogP contribution is 2.23. The highest BCUT2D eigenvalue weighted by Gasteiger charge is 2.32. The van der Waals surface area contributed by atoms with E-state index in [-0.39, 0.29) is 17.7 Å². The molecule has 2 aromatic heterocycles. The number of benzene rings is 1. The molecule has 0 bridgehead atoms. The van der Waals surface area contributed by atoms with Gasteiger partial charge in [-0.25, -0.2) is 0 Å². The molecule has 0 radical (unpaired) electrons. The van der Waals surface area contributed by atoms with Gasteiger partial charge in [-0.2, -0.15) is 0 Å². The van der Waals surface area contributed by atoms with Gasteiger partial charge in [0.1, 0.15) is 11.5 Å². The van der Waals surface area contributed by atoms with E-state index in [4.69, 9.17) is 20.4 Å². The molecule has 3 heterocycles. The normalized spacial score (nSPS) is 16.4. The third-order valence-electron chi connectivity index (χ3n) is 5.31. The lowest BCUT2D eigenvalue weighted by Crippen LogP contribution is -2.46. The van der Waals surface area contributed by atoms with E-state index in [1.807, 2.05) is 12.1 Å². The van der Waals surface area contributed by atoms with Crippen molar-refractivity contribution in [3.8, 4) is 0 Å². The highest BCUT2D eigenvalue weighted by molar-refractivity contribution is 6.30. The number of halogens is 1. The minimum atomic E-state index is -0.264. The van der Waals surface area contributed by atoms with Crippen molar-refractivity contribution in [2.45, 2.75) is 25.9 Å². The van der Waals surface area contributed by atoms with Crippen LogP contribution in [-0.4, -0.2) is 34.7 Å². The summed E-state index contributed by atoms with van der Waals surface area (Å²) in [6, 6.07) is 14.1. The second-order valence-corrected chi connectivity index (χ2v) is 7.89. The molecule has 30 heavy (non-hydrogen) atoms. The van der Waals surface area contributed by atoms with Crippen LogP contribution in [0.5, 0.6) is 0 Å². The first kappa shape index (κ1) is 20.3. The Morgan fingerprint density at radius 2 is 1.63 bits per heavy atom. The standard InChI is InChI=1S/C23H23ClN2O4/c24-19-9-7-17(8-10-19)22(27)25-11-1-4-18(14-25)23(28)26(15-20-5-2-12-29-20)16-21-6-3-13-30-21/h2-3,5-10,12-13,18H,1,4,11,14-16H2/t18-/m1/s1. The van der Waals surface area contributed by atoms with Crippen molar-refractivity contribution >= 4 is 23.4 Å². The fourth-order valence-electron chi connectivity index (χ4n) is 3.79. The number of amides is 2. The summed E-state index contributed by atoms with van der Waals surface area (Å²) in [5.41, 5.74) is 0.579. The molecule has 0 unspecified atom stereocenters. The van der Waals surface area contributed by atoms with E-state index >= 15 is 0 Å². The quantitative estimate of drug-likeness (QED) is 0.577. The SMILES string of the molecule is O=C(c1ccc(Cl)cc1)N1CCC[C@@H](C(=O)N(Cc2ccco2)Cc2ccco2)C1. The van der Waals surface area contributed by atoms with Gasteiger partial charge in [-0.1, -0.05) is 11.6 Å². The minimum Gasteiger partial charge on any atom is -0.467 e. The molecule has 7 heteroatoms. The van der Waals surface area contributed by atoms with Crippen molar-refractivity contribution in [1.29, 1.82) is 0 Å². The smallest absolute Gasteiger partial charge is 0.253 e. The van der Waals surface area contributed by atoms with Crippen molar-refractivity contribution in [2.75, 3.05) is 13.1 Å². The Kier molecular flexibility index (Phi) is 6.23. The van der Waals surface area contributed by atoms with Gasteiger partial charge in [0.25, 0.3) is 5.91 Å². The zero-order chi connectivity index (χ0) is 20.9. The lowest BCUT2D eigenvalue weighted by atomic mass is 9.95. The van der Waals surface area contributed by atoms with Crippen LogP contribution in [0.2, 0.25) is 5.02 Å². The second kappa shape index (κ2) is 9.22. The molecule has 156 valence electrons. The molecule has 1 fully saturated rings. The molecule has 1 atom stereocenters. The van der Waals surface area contributed by atoms with E-state index in [1.54, 1.807) is 58.7 Å². The first-order valence-electron chi connectivity index (χ1n) is 9.98. The number of likely N-dealkylation sites (tertiary alicyclic amines) is 1. The van der Waals surface area contributed by atoms with Gasteiger partial charge < -0.3 is 18.6 Å². The monoisotopic (exact) mass is 426 g/mol. The first-order chi connectivity index (χ1) is 14.6. The maximum Gasteiger partial charge on any atom is 0.253 e. The van der Waals surface area contributed by atoms with E-state index in [0.717, 1.165) is 12.8 Å². The summed E-state index contributed by atoms with van der Waals surface area (Å²) in [5.74, 6) is 1.07. The van der Waals surface area contributed by atoms with Gasteiger partial charge in [-0.15, -0.1) is 0 Å². The predicted molar refractivity (Wildman–Crippen MR) is 112 cm³/mol. The predicted octanol–water partition coefficient (Wildman–Crippen LogP) is 4.61. The van der Waals surface area contributed by atoms with E-state index in [2.05, 4.69) is 0 Å². The third kappa shape index (κ3) is 4.76. The number of carbonyl (C=O) groups is 2. The summed E-state index contributed by atoms with van der Waals surface area (Å²) in [5, 5.41) is 0.588. The molecule has 6 nitrogen and oxygen atoms in total. The molecular weight excluding hydrogens is 404 g/mol. The summed E-state index contributed by atoms with van der Waals surface area (Å²) in [6.07, 6.45) is 4.72. The number of rotatable bonds is 6. The van der Waals surface area contributed by atoms with Crippen LogP contribution in [0.25, 0.3) is 0 Å². The van der Waals surface area contributed by atoms with Gasteiger partial charge in [0, 0.05) is 23.7 Å². The van der Waals surface area contributed by atoms with Crippen LogP contribution in [-0.2, 0) is 17.9 Å². The largest absolute Gasteiger partial charge is 0.467 e. The van der Waals surface area contributed by atoms with Crippen molar-refractivity contribution in [3.05, 3.63) is 83.2 Å². The van der Waals surface area contributed by atoms with E-state index in [1.165, 1.54) is 0 Å². The van der Waals surface area contributed by atoms with Gasteiger partial charge in [0.05, 0.1) is 31.5 Å². The molecule has 1 aliphatic rings. The topological polar surface area (TPSA) is 66.9 Å². The lowest BCUT2D eigenvalue weighted by Gasteiger charge is -2.34. The maximum absolute atomic E-state index is 13.4. The van der Waals surface area contributed by atoms with Gasteiger partial charge in [0.15, 0.2) is 0 Å². The highest BCUT2D eigenvalue weighted by atomic mass is 35.5. The number of carbonyl (C=O) groups excluding carboxylic acids is 2. The summed E-state index contributed by atoms with van der Waals surface area (Å²) in [7, 11) is 0. The number of furan rings is 2. The lowest BCUT2D eigenvalue weighted by molar-refractivity contribution is -0.138. The van der Waals surface area contributed by atoms with Crippen molar-refractivity contribution in [2.24, 2.45) is 5.92 Å². The molecule has 0 spiro atoms. The molecule has 2 amide bonds. The van der Waals surface area contributed by atoms with Crippen LogP contribution in [0.15, 0.2) is 69.9 Å². The van der Waals surface area contributed by atoms with Crippen LogP contribution in [0.4, 0.5) is 0 Å². The van der Waals surface area contributed by atoms with Crippen LogP contribution in [0.1, 0.15) is 34.7 Å². The maximum atomic E-state index is 13.4. The molecule has 1 aromatic carbocycles. The van der Waals surface area contributed by atoms with Gasteiger partial charge >= 0.3 is 0 Å². The molecule has 0 aliphatic carbocycles. The minimum absolute atomic E-state index is 0.00333. The number of piperidine rings is 1. The number of nitrogens with zero attached hydrogens (tertiary/aromatic N) is 2. The van der Waals surface area contributed by atoms with Gasteiger partial charge in [-0.3, -0.25) is 9.59 Å². The summed E-state index contributed by atoms with van der Waals surface area (Å²) in [4.78, 5) is 29.8. The van der Waals surface area contributed by atoms with Crippen LogP contribution < -0.4 is 0 Å². The van der Waals surface area contributed by atoms with Crippen molar-refractivity contribution in [3.63, 3.8) is 0 Å². The Morgan fingerprint density at radius 3 is 2.20 bits per heavy atom. The molecule has 3 aromatic rings. The van der Waals surface area contributed by atoms with Crippen LogP contribution in [0, 0.1) is 5.92 Å². The molecule has 1 aliphatic heterocycles.